The number of hydrogen-bond acceptors (Lipinski definition) is 1. The van der Waals surface area contributed by atoms with Crippen LogP contribution >= 0.6 is 0 Å². The Morgan fingerprint density at radius 3 is 2.21 bits per heavy atom. The summed E-state index contributed by atoms with van der Waals surface area (Å²) in [6.07, 6.45) is 0. The van der Waals surface area contributed by atoms with E-state index in [1.54, 1.807) is 4.90 Å². The van der Waals surface area contributed by atoms with Crippen LogP contribution in [0.2, 0.25) is 0 Å². The third-order valence-corrected chi connectivity index (χ3v) is 5.53. The number of quaternary nitrogens is 1. The molecule has 1 heterocycles. The van der Waals surface area contributed by atoms with Crippen molar-refractivity contribution in [3.8, 4) is 11.1 Å². The smallest absolute Gasteiger partial charge is 0.254 e. The molecule has 0 saturated carbocycles. The Hall–Kier alpha value is -2.91. The topological polar surface area (TPSA) is 24.8 Å². The Morgan fingerprint density at radius 1 is 0.857 bits per heavy atom. The van der Waals surface area contributed by atoms with Crippen molar-refractivity contribution in [3.05, 3.63) is 95.6 Å². The highest BCUT2D eigenvalue weighted by Gasteiger charge is 2.24. The van der Waals surface area contributed by atoms with Crippen molar-refractivity contribution in [1.29, 1.82) is 0 Å². The molecule has 4 rings (SSSR count). The summed E-state index contributed by atoms with van der Waals surface area (Å²) in [5.74, 6) is 0.147. The molecule has 3 aromatic rings. The van der Waals surface area contributed by atoms with E-state index in [2.05, 4.69) is 43.3 Å². The van der Waals surface area contributed by atoms with E-state index in [4.69, 9.17) is 0 Å². The van der Waals surface area contributed by atoms with Crippen molar-refractivity contribution in [2.75, 3.05) is 26.2 Å². The van der Waals surface area contributed by atoms with Gasteiger partial charge in [0.2, 0.25) is 0 Å². The molecule has 1 aliphatic heterocycles. The SMILES string of the molecule is Cc1cccc(C[NH+]2CCN(C(=O)c3ccc(-c4ccccc4)cc3)CC2)c1. The van der Waals surface area contributed by atoms with E-state index < -0.39 is 0 Å². The maximum absolute atomic E-state index is 12.9. The molecule has 1 aliphatic rings. The third-order valence-electron chi connectivity index (χ3n) is 5.53. The number of nitrogens with zero attached hydrogens (tertiary/aromatic N) is 1. The second-order valence-electron chi connectivity index (χ2n) is 7.65. The van der Waals surface area contributed by atoms with Crippen molar-refractivity contribution < 1.29 is 9.69 Å². The number of amides is 1. The summed E-state index contributed by atoms with van der Waals surface area (Å²) in [6.45, 7) is 6.82. The van der Waals surface area contributed by atoms with Crippen LogP contribution in [0.5, 0.6) is 0 Å². The van der Waals surface area contributed by atoms with Crippen molar-refractivity contribution >= 4 is 5.91 Å². The van der Waals surface area contributed by atoms with Crippen LogP contribution in [-0.4, -0.2) is 37.0 Å². The molecule has 1 N–H and O–H groups in total. The zero-order valence-corrected chi connectivity index (χ0v) is 16.4. The summed E-state index contributed by atoms with van der Waals surface area (Å²) in [5, 5.41) is 0. The molecular weight excluding hydrogens is 344 g/mol. The van der Waals surface area contributed by atoms with Gasteiger partial charge in [-0.15, -0.1) is 0 Å². The second-order valence-corrected chi connectivity index (χ2v) is 7.65. The maximum atomic E-state index is 12.9. The number of benzene rings is 3. The number of hydrogen-bond donors (Lipinski definition) is 1. The van der Waals surface area contributed by atoms with Crippen LogP contribution in [0.25, 0.3) is 11.1 Å². The molecule has 0 unspecified atom stereocenters. The van der Waals surface area contributed by atoms with Crippen LogP contribution < -0.4 is 4.90 Å². The summed E-state index contributed by atoms with van der Waals surface area (Å²) < 4.78 is 0. The highest BCUT2D eigenvalue weighted by Crippen LogP contribution is 2.19. The van der Waals surface area contributed by atoms with E-state index in [-0.39, 0.29) is 5.91 Å². The summed E-state index contributed by atoms with van der Waals surface area (Å²) in [7, 11) is 0. The molecule has 0 aliphatic carbocycles. The van der Waals surface area contributed by atoms with Gasteiger partial charge in [0.1, 0.15) is 6.54 Å². The number of rotatable bonds is 4. The van der Waals surface area contributed by atoms with Crippen LogP contribution in [0, 0.1) is 6.92 Å². The average molecular weight is 372 g/mol. The van der Waals surface area contributed by atoms with E-state index in [1.807, 2.05) is 47.4 Å². The normalized spacial score (nSPS) is 14.8. The first-order valence-electron chi connectivity index (χ1n) is 10.0. The maximum Gasteiger partial charge on any atom is 0.254 e. The largest absolute Gasteiger partial charge is 0.328 e. The van der Waals surface area contributed by atoms with Gasteiger partial charge in [0.25, 0.3) is 5.91 Å². The summed E-state index contributed by atoms with van der Waals surface area (Å²) >= 11 is 0. The lowest BCUT2D eigenvalue weighted by Crippen LogP contribution is -3.13. The number of carbonyl (C=O) groups is 1. The van der Waals surface area contributed by atoms with E-state index >= 15 is 0 Å². The standard InChI is InChI=1S/C25H26N2O/c1-20-6-5-7-21(18-20)19-26-14-16-27(17-15-26)25(28)24-12-10-23(11-13-24)22-8-3-2-4-9-22/h2-13,18H,14-17,19H2,1H3/p+1. The molecule has 1 saturated heterocycles. The van der Waals surface area contributed by atoms with Gasteiger partial charge in [0.15, 0.2) is 0 Å². The summed E-state index contributed by atoms with van der Waals surface area (Å²) in [6, 6.07) is 27.0. The highest BCUT2D eigenvalue weighted by atomic mass is 16.2. The quantitative estimate of drug-likeness (QED) is 0.748. The van der Waals surface area contributed by atoms with Crippen LogP contribution in [0.3, 0.4) is 0 Å². The monoisotopic (exact) mass is 371 g/mol. The predicted molar refractivity (Wildman–Crippen MR) is 113 cm³/mol. The van der Waals surface area contributed by atoms with Crippen molar-refractivity contribution in [2.24, 2.45) is 0 Å². The van der Waals surface area contributed by atoms with Gasteiger partial charge in [-0.25, -0.2) is 0 Å². The van der Waals surface area contributed by atoms with E-state index in [0.717, 1.165) is 43.9 Å². The zero-order valence-electron chi connectivity index (χ0n) is 16.4. The van der Waals surface area contributed by atoms with Gasteiger partial charge in [-0.3, -0.25) is 4.79 Å². The second kappa shape index (κ2) is 8.41. The number of aryl methyl sites for hydroxylation is 1. The fraction of sp³-hybridized carbons (Fsp3) is 0.240. The zero-order chi connectivity index (χ0) is 19.3. The van der Waals surface area contributed by atoms with Crippen molar-refractivity contribution in [2.45, 2.75) is 13.5 Å². The van der Waals surface area contributed by atoms with Gasteiger partial charge in [0.05, 0.1) is 26.2 Å². The van der Waals surface area contributed by atoms with E-state index in [9.17, 15) is 4.79 Å². The van der Waals surface area contributed by atoms with Crippen LogP contribution in [0.4, 0.5) is 0 Å². The first kappa shape index (κ1) is 18.5. The lowest BCUT2D eigenvalue weighted by atomic mass is 10.0. The molecule has 1 fully saturated rings. The summed E-state index contributed by atoms with van der Waals surface area (Å²) in [4.78, 5) is 16.4. The van der Waals surface area contributed by atoms with E-state index in [1.165, 1.54) is 16.7 Å². The molecule has 0 aromatic heterocycles. The molecular formula is C25H27N2O+. The molecule has 3 nitrogen and oxygen atoms in total. The Balaban J connectivity index is 1.35. The average Bonchev–Trinajstić information content (AvgIpc) is 2.75. The fourth-order valence-corrected chi connectivity index (χ4v) is 3.93. The van der Waals surface area contributed by atoms with Crippen molar-refractivity contribution in [1.82, 2.24) is 4.90 Å². The van der Waals surface area contributed by atoms with Crippen LogP contribution in [0.15, 0.2) is 78.9 Å². The molecule has 28 heavy (non-hydrogen) atoms. The Bertz CT molecular complexity index is 926. The predicted octanol–water partition coefficient (Wildman–Crippen LogP) is 3.20. The van der Waals surface area contributed by atoms with Gasteiger partial charge in [-0.2, -0.15) is 0 Å². The molecule has 3 aromatic carbocycles. The van der Waals surface area contributed by atoms with Gasteiger partial charge in [-0.1, -0.05) is 72.3 Å². The number of piperazine rings is 1. The Labute approximate surface area is 167 Å². The van der Waals surface area contributed by atoms with Gasteiger partial charge in [0, 0.05) is 11.1 Å². The molecule has 0 radical (unpaired) electrons. The minimum atomic E-state index is 0.147. The number of carbonyl (C=O) groups excluding carboxylic acids is 1. The minimum Gasteiger partial charge on any atom is -0.328 e. The van der Waals surface area contributed by atoms with Crippen LogP contribution in [0.1, 0.15) is 21.5 Å². The highest BCUT2D eigenvalue weighted by molar-refractivity contribution is 5.94. The molecule has 0 spiro atoms. The molecule has 0 atom stereocenters. The van der Waals surface area contributed by atoms with Crippen molar-refractivity contribution in [3.63, 3.8) is 0 Å². The van der Waals surface area contributed by atoms with Gasteiger partial charge >= 0.3 is 0 Å². The fourth-order valence-electron chi connectivity index (χ4n) is 3.93. The number of nitrogens with one attached hydrogen (secondary N) is 1. The van der Waals surface area contributed by atoms with E-state index in [0.29, 0.717) is 0 Å². The first-order chi connectivity index (χ1) is 13.7. The molecule has 0 bridgehead atoms. The van der Waals surface area contributed by atoms with Gasteiger partial charge < -0.3 is 9.80 Å². The summed E-state index contributed by atoms with van der Waals surface area (Å²) in [5.41, 5.74) is 5.79. The lowest BCUT2D eigenvalue weighted by molar-refractivity contribution is -0.917. The molecule has 1 amide bonds. The third kappa shape index (κ3) is 4.32. The first-order valence-corrected chi connectivity index (χ1v) is 10.0. The van der Waals surface area contributed by atoms with Gasteiger partial charge in [-0.05, 0) is 30.2 Å². The molecule has 142 valence electrons. The lowest BCUT2D eigenvalue weighted by Gasteiger charge is -2.32. The Morgan fingerprint density at radius 2 is 1.54 bits per heavy atom. The molecule has 3 heteroatoms. The minimum absolute atomic E-state index is 0.147. The Kier molecular flexibility index (Phi) is 5.54. The van der Waals surface area contributed by atoms with Crippen LogP contribution in [-0.2, 0) is 6.54 Å².